The van der Waals surface area contributed by atoms with E-state index in [1.807, 2.05) is 27.7 Å². The van der Waals surface area contributed by atoms with Gasteiger partial charge in [0.2, 0.25) is 0 Å². The summed E-state index contributed by atoms with van der Waals surface area (Å²) in [7, 11) is 0. The van der Waals surface area contributed by atoms with E-state index in [1.165, 1.54) is 40.7 Å². The molecule has 12 nitrogen and oxygen atoms in total. The second-order valence-corrected chi connectivity index (χ2v) is 18.3. The number of rotatable bonds is 8. The highest BCUT2D eigenvalue weighted by Crippen LogP contribution is 2.74. The van der Waals surface area contributed by atoms with Gasteiger partial charge in [0.1, 0.15) is 17.5 Å². The van der Waals surface area contributed by atoms with Crippen LogP contribution < -0.4 is 0 Å². The average molecular weight is 733 g/mol. The summed E-state index contributed by atoms with van der Waals surface area (Å²) in [6.07, 6.45) is -0.889. The molecule has 3 saturated carbocycles. The SMILES string of the molecule is CC(=O)O[C@H]1[C@@H](O[C@@H]2C[C@@]3(C)[C@@H]4CC=C5[C@@H](C[C@H](O)[C@@H](O)C5(C)C)[C@]4(C)C(=O)C[C@]3(C)[C@H]2[C@@](C)(O)C(=O)/C=C/C(C)(C)O)O[C@H](C)C[C@H]1OC(C)=O. The lowest BCUT2D eigenvalue weighted by molar-refractivity contribution is -0.292. The molecule has 5 rings (SSSR count). The Bertz CT molecular complexity index is 1520. The van der Waals surface area contributed by atoms with Crippen molar-refractivity contribution in [1.82, 2.24) is 0 Å². The van der Waals surface area contributed by atoms with Gasteiger partial charge in [-0.15, -0.1) is 0 Å². The minimum atomic E-state index is -2.11. The van der Waals surface area contributed by atoms with Crippen molar-refractivity contribution in [1.29, 1.82) is 0 Å². The molecule has 4 fully saturated rings. The fourth-order valence-corrected chi connectivity index (χ4v) is 11.2. The molecule has 292 valence electrons. The number of hydrogen-bond donors (Lipinski definition) is 4. The number of aliphatic hydroxyl groups excluding tert-OH is 2. The van der Waals surface area contributed by atoms with Gasteiger partial charge in [-0.1, -0.05) is 52.3 Å². The number of carbonyl (C=O) groups excluding carboxylic acids is 4. The summed E-state index contributed by atoms with van der Waals surface area (Å²) in [6, 6.07) is 0. The zero-order chi connectivity index (χ0) is 39.1. The number of Topliss-reactive ketones (excluding diaryl/α,β-unsaturated/α-hetero) is 1. The van der Waals surface area contributed by atoms with Gasteiger partial charge < -0.3 is 39.4 Å². The number of fused-ring (bicyclic) bond motifs is 5. The van der Waals surface area contributed by atoms with Gasteiger partial charge in [-0.25, -0.2) is 0 Å². The lowest BCUT2D eigenvalue weighted by Crippen LogP contribution is -2.65. The van der Waals surface area contributed by atoms with Gasteiger partial charge >= 0.3 is 11.9 Å². The van der Waals surface area contributed by atoms with Gasteiger partial charge in [-0.2, -0.15) is 0 Å². The fourth-order valence-electron chi connectivity index (χ4n) is 11.2. The number of aliphatic hydroxyl groups is 4. The number of esters is 2. The van der Waals surface area contributed by atoms with Crippen LogP contribution in [0, 0.1) is 39.4 Å². The van der Waals surface area contributed by atoms with Crippen LogP contribution in [0.15, 0.2) is 23.8 Å². The van der Waals surface area contributed by atoms with Crippen LogP contribution in [0.5, 0.6) is 0 Å². The third-order valence-electron chi connectivity index (χ3n) is 13.8. The van der Waals surface area contributed by atoms with Crippen LogP contribution in [0.4, 0.5) is 0 Å². The summed E-state index contributed by atoms with van der Waals surface area (Å²) in [6.45, 7) is 18.5. The van der Waals surface area contributed by atoms with E-state index >= 15 is 0 Å². The van der Waals surface area contributed by atoms with E-state index in [-0.39, 0.29) is 43.3 Å². The first-order valence-corrected chi connectivity index (χ1v) is 18.7. The van der Waals surface area contributed by atoms with Crippen molar-refractivity contribution >= 4 is 23.5 Å². The first kappa shape index (κ1) is 40.7. The summed E-state index contributed by atoms with van der Waals surface area (Å²) in [4.78, 5) is 53.4. The Morgan fingerprint density at radius 3 is 2.13 bits per heavy atom. The third kappa shape index (κ3) is 6.53. The molecule has 4 aliphatic carbocycles. The van der Waals surface area contributed by atoms with Crippen LogP contribution in [-0.2, 0) is 38.1 Å². The highest BCUT2D eigenvalue weighted by Gasteiger charge is 2.75. The van der Waals surface area contributed by atoms with Gasteiger partial charge in [-0.3, -0.25) is 19.2 Å². The van der Waals surface area contributed by atoms with E-state index in [0.29, 0.717) is 6.42 Å². The maximum atomic E-state index is 14.9. The molecular formula is C40H60O12. The Balaban J connectivity index is 1.64. The van der Waals surface area contributed by atoms with Crippen molar-refractivity contribution in [2.75, 3.05) is 0 Å². The fraction of sp³-hybridized carbons (Fsp3) is 0.800. The summed E-state index contributed by atoms with van der Waals surface area (Å²) in [5.74, 6) is -3.59. The monoisotopic (exact) mass is 732 g/mol. The molecule has 1 heterocycles. The Morgan fingerprint density at radius 2 is 1.56 bits per heavy atom. The molecule has 0 aromatic rings. The molecule has 0 radical (unpaired) electrons. The minimum absolute atomic E-state index is 0.00606. The molecule has 0 aromatic carbocycles. The van der Waals surface area contributed by atoms with Crippen molar-refractivity contribution in [3.63, 3.8) is 0 Å². The molecule has 1 aliphatic heterocycles. The Morgan fingerprint density at radius 1 is 0.942 bits per heavy atom. The maximum Gasteiger partial charge on any atom is 0.303 e. The van der Waals surface area contributed by atoms with Crippen LogP contribution in [0.3, 0.4) is 0 Å². The molecule has 12 heteroatoms. The Kier molecular flexibility index (Phi) is 10.5. The topological polar surface area (TPSA) is 186 Å². The van der Waals surface area contributed by atoms with Crippen LogP contribution in [0.1, 0.15) is 108 Å². The van der Waals surface area contributed by atoms with Crippen LogP contribution in [0.2, 0.25) is 0 Å². The Hall–Kier alpha value is -2.48. The van der Waals surface area contributed by atoms with Gasteiger partial charge in [0.05, 0.1) is 30.0 Å². The summed E-state index contributed by atoms with van der Waals surface area (Å²) in [5, 5.41) is 44.9. The quantitative estimate of drug-likeness (QED) is 0.161. The third-order valence-corrected chi connectivity index (χ3v) is 13.8. The summed E-state index contributed by atoms with van der Waals surface area (Å²) < 4.78 is 24.3. The predicted molar refractivity (Wildman–Crippen MR) is 188 cm³/mol. The van der Waals surface area contributed by atoms with Crippen molar-refractivity contribution in [2.24, 2.45) is 39.4 Å². The summed E-state index contributed by atoms with van der Waals surface area (Å²) >= 11 is 0. The minimum Gasteiger partial charge on any atom is -0.458 e. The number of ether oxygens (including phenoxy) is 4. The van der Waals surface area contributed by atoms with E-state index in [2.05, 4.69) is 13.0 Å². The van der Waals surface area contributed by atoms with Crippen molar-refractivity contribution in [3.05, 3.63) is 23.8 Å². The molecule has 0 aromatic heterocycles. The Labute approximate surface area is 307 Å². The van der Waals surface area contributed by atoms with Crippen LogP contribution in [0.25, 0.3) is 0 Å². The molecule has 1 saturated heterocycles. The highest BCUT2D eigenvalue weighted by molar-refractivity contribution is 5.97. The second-order valence-electron chi connectivity index (χ2n) is 18.3. The molecule has 0 unspecified atom stereocenters. The number of carbonyl (C=O) groups is 4. The maximum absolute atomic E-state index is 14.9. The molecule has 0 amide bonds. The second kappa shape index (κ2) is 13.4. The van der Waals surface area contributed by atoms with Crippen molar-refractivity contribution < 1.29 is 58.6 Å². The van der Waals surface area contributed by atoms with E-state index in [0.717, 1.165) is 11.6 Å². The predicted octanol–water partition coefficient (Wildman–Crippen LogP) is 3.74. The lowest BCUT2D eigenvalue weighted by Gasteiger charge is -2.65. The molecule has 14 atom stereocenters. The first-order valence-electron chi connectivity index (χ1n) is 18.7. The highest BCUT2D eigenvalue weighted by atomic mass is 16.7. The number of allylic oxidation sites excluding steroid dienone is 1. The van der Waals surface area contributed by atoms with E-state index in [1.54, 1.807) is 6.92 Å². The molecule has 0 spiro atoms. The van der Waals surface area contributed by atoms with Crippen molar-refractivity contribution in [3.8, 4) is 0 Å². The van der Waals surface area contributed by atoms with Crippen LogP contribution >= 0.6 is 0 Å². The molecule has 52 heavy (non-hydrogen) atoms. The molecule has 4 N–H and O–H groups in total. The largest absolute Gasteiger partial charge is 0.458 e. The number of ketones is 2. The number of hydrogen-bond acceptors (Lipinski definition) is 12. The van der Waals surface area contributed by atoms with E-state index < -0.39 is 99.4 Å². The smallest absolute Gasteiger partial charge is 0.303 e. The summed E-state index contributed by atoms with van der Waals surface area (Å²) in [5.41, 5.74) is -5.96. The van der Waals surface area contributed by atoms with Gasteiger partial charge in [0.15, 0.2) is 18.2 Å². The zero-order valence-corrected chi connectivity index (χ0v) is 32.6. The molecule has 0 bridgehead atoms. The van der Waals surface area contributed by atoms with Gasteiger partial charge in [0, 0.05) is 43.4 Å². The average Bonchev–Trinajstić information content (AvgIpc) is 3.22. The van der Waals surface area contributed by atoms with Crippen LogP contribution in [-0.4, -0.2) is 98.0 Å². The first-order chi connectivity index (χ1) is 23.7. The van der Waals surface area contributed by atoms with Gasteiger partial charge in [-0.05, 0) is 75.7 Å². The van der Waals surface area contributed by atoms with Gasteiger partial charge in [0.25, 0.3) is 0 Å². The lowest BCUT2D eigenvalue weighted by atomic mass is 9.38. The van der Waals surface area contributed by atoms with E-state index in [9.17, 15) is 39.6 Å². The molecular weight excluding hydrogens is 672 g/mol. The standard InChI is InChI=1S/C40H60O12/c1-20-16-26(50-21(2)41)31(51-22(3)42)34(49-20)52-27-18-37(8)28-13-12-23-24(17-25(43)33(46)36(23,6)7)39(28,10)30(45)19-38(37,9)32(27)40(11,48)29(44)14-15-35(4,5)47/h12,14-15,20,24-28,31-34,43,46-48H,13,16-19H2,1-11H3/b15-14+/t20-,24-,25+,26-,27-,28+,31-,32+,33-,34-,37+,38-,39+,40+/m1/s1. The zero-order valence-electron chi connectivity index (χ0n) is 32.6. The van der Waals surface area contributed by atoms with Crippen molar-refractivity contribution in [2.45, 2.75) is 162 Å². The molecule has 5 aliphatic rings. The van der Waals surface area contributed by atoms with E-state index in [4.69, 9.17) is 18.9 Å². The normalized spacial score (nSPS) is 44.1.